The molecule has 0 fully saturated rings. The lowest BCUT2D eigenvalue weighted by Crippen LogP contribution is -2.14. The molecule has 0 spiro atoms. The summed E-state index contributed by atoms with van der Waals surface area (Å²) < 4.78 is 4.37. The average molecular weight is 447 g/mol. The fraction of sp³-hybridized carbons (Fsp3) is 0.333. The molecule has 7 nitrogen and oxygen atoms in total. The number of nitrogens with zero attached hydrogens (tertiary/aromatic N) is 5. The topological polar surface area (TPSA) is 77.6 Å². The Hall–Kier alpha value is -3.13. The maximum atomic E-state index is 12.7. The lowest BCUT2D eigenvalue weighted by atomic mass is 10.2. The SMILES string of the molecule is CCn1c(SCC(=O)Nc2cccc(-c3nnc4n3CCCCC4)c2)nc2ccccc21. The summed E-state index contributed by atoms with van der Waals surface area (Å²) in [7, 11) is 0. The number of aromatic nitrogens is 5. The Kier molecular flexibility index (Phi) is 5.94. The van der Waals surface area contributed by atoms with Crippen molar-refractivity contribution in [3.63, 3.8) is 0 Å². The van der Waals surface area contributed by atoms with Crippen molar-refractivity contribution >= 4 is 34.4 Å². The van der Waals surface area contributed by atoms with Crippen molar-refractivity contribution in [1.29, 1.82) is 0 Å². The predicted molar refractivity (Wildman–Crippen MR) is 128 cm³/mol. The Balaban J connectivity index is 1.28. The summed E-state index contributed by atoms with van der Waals surface area (Å²) in [4.78, 5) is 17.4. The van der Waals surface area contributed by atoms with Crippen molar-refractivity contribution in [3.8, 4) is 11.4 Å². The van der Waals surface area contributed by atoms with E-state index < -0.39 is 0 Å². The first kappa shape index (κ1) is 20.8. The van der Waals surface area contributed by atoms with Crippen LogP contribution in [-0.2, 0) is 24.3 Å². The summed E-state index contributed by atoms with van der Waals surface area (Å²) in [5.74, 6) is 2.18. The lowest BCUT2D eigenvalue weighted by Gasteiger charge is -2.10. The Bertz CT molecular complexity index is 1260. The second-order valence-electron chi connectivity index (χ2n) is 7.95. The van der Waals surface area contributed by atoms with Crippen molar-refractivity contribution in [3.05, 3.63) is 54.4 Å². The minimum absolute atomic E-state index is 0.0538. The molecule has 2 aromatic carbocycles. The van der Waals surface area contributed by atoms with E-state index in [-0.39, 0.29) is 5.91 Å². The number of nitrogens with one attached hydrogen (secondary N) is 1. The molecule has 0 unspecified atom stereocenters. The quantitative estimate of drug-likeness (QED) is 0.432. The first-order valence-corrected chi connectivity index (χ1v) is 12.1. The van der Waals surface area contributed by atoms with Gasteiger partial charge in [0.25, 0.3) is 0 Å². The molecule has 8 heteroatoms. The number of fused-ring (bicyclic) bond motifs is 2. The van der Waals surface area contributed by atoms with Crippen molar-refractivity contribution in [2.45, 2.75) is 50.9 Å². The van der Waals surface area contributed by atoms with E-state index >= 15 is 0 Å². The first-order valence-electron chi connectivity index (χ1n) is 11.1. The van der Waals surface area contributed by atoms with Crippen LogP contribution < -0.4 is 5.32 Å². The number of hydrogen-bond donors (Lipinski definition) is 1. The van der Waals surface area contributed by atoms with Gasteiger partial charge in [0, 0.05) is 30.8 Å². The van der Waals surface area contributed by atoms with E-state index in [0.29, 0.717) is 5.75 Å². The van der Waals surface area contributed by atoms with Crippen molar-refractivity contribution in [1.82, 2.24) is 24.3 Å². The highest BCUT2D eigenvalue weighted by molar-refractivity contribution is 7.99. The van der Waals surface area contributed by atoms with Crippen LogP contribution in [0.25, 0.3) is 22.4 Å². The van der Waals surface area contributed by atoms with Crippen LogP contribution in [-0.4, -0.2) is 36.0 Å². The van der Waals surface area contributed by atoms with E-state index in [1.165, 1.54) is 18.2 Å². The van der Waals surface area contributed by atoms with Gasteiger partial charge >= 0.3 is 0 Å². The second kappa shape index (κ2) is 9.16. The standard InChI is InChI=1S/C24H26N6OS/c1-2-29-20-12-6-5-11-19(20)26-24(29)32-16-22(31)25-18-10-8-9-17(15-18)23-28-27-21-13-4-3-7-14-30(21)23/h5-6,8-12,15H,2-4,7,13-14,16H2,1H3,(H,25,31). The number of carbonyl (C=O) groups excluding carboxylic acids is 1. The van der Waals surface area contributed by atoms with Gasteiger partial charge in [0.2, 0.25) is 5.91 Å². The van der Waals surface area contributed by atoms with Crippen LogP contribution in [0.5, 0.6) is 0 Å². The van der Waals surface area contributed by atoms with E-state index in [2.05, 4.69) is 42.6 Å². The molecular weight excluding hydrogens is 420 g/mol. The molecule has 1 aliphatic rings. The molecule has 2 aromatic heterocycles. The molecule has 0 bridgehead atoms. The summed E-state index contributed by atoms with van der Waals surface area (Å²) in [6.45, 7) is 3.85. The van der Waals surface area contributed by atoms with Crippen LogP contribution in [0.3, 0.4) is 0 Å². The van der Waals surface area contributed by atoms with Gasteiger partial charge in [-0.05, 0) is 44.0 Å². The summed E-state index contributed by atoms with van der Waals surface area (Å²) in [5.41, 5.74) is 3.79. The molecule has 1 aliphatic heterocycles. The monoisotopic (exact) mass is 446 g/mol. The zero-order chi connectivity index (χ0) is 21.9. The van der Waals surface area contributed by atoms with E-state index in [4.69, 9.17) is 0 Å². The number of aryl methyl sites for hydroxylation is 2. The van der Waals surface area contributed by atoms with E-state index in [1.807, 2.05) is 42.5 Å². The summed E-state index contributed by atoms with van der Waals surface area (Å²) in [6.07, 6.45) is 4.51. The summed E-state index contributed by atoms with van der Waals surface area (Å²) in [6, 6.07) is 15.9. The van der Waals surface area contributed by atoms with Gasteiger partial charge in [-0.1, -0.05) is 42.4 Å². The number of thioether (sulfide) groups is 1. The number of imidazole rings is 1. The average Bonchev–Trinajstić information content (AvgIpc) is 3.30. The summed E-state index contributed by atoms with van der Waals surface area (Å²) in [5, 5.41) is 12.7. The molecule has 32 heavy (non-hydrogen) atoms. The van der Waals surface area contributed by atoms with Gasteiger partial charge < -0.3 is 14.5 Å². The zero-order valence-corrected chi connectivity index (χ0v) is 18.9. The largest absolute Gasteiger partial charge is 0.325 e. The highest BCUT2D eigenvalue weighted by Crippen LogP contribution is 2.26. The Morgan fingerprint density at radius 2 is 2.00 bits per heavy atom. The van der Waals surface area contributed by atoms with E-state index in [9.17, 15) is 4.79 Å². The molecule has 0 saturated heterocycles. The fourth-order valence-electron chi connectivity index (χ4n) is 4.23. The Morgan fingerprint density at radius 1 is 1.09 bits per heavy atom. The maximum Gasteiger partial charge on any atom is 0.234 e. The highest BCUT2D eigenvalue weighted by atomic mass is 32.2. The third-order valence-electron chi connectivity index (χ3n) is 5.78. The zero-order valence-electron chi connectivity index (χ0n) is 18.1. The number of benzene rings is 2. The Labute approximate surface area is 191 Å². The number of anilines is 1. The van der Waals surface area contributed by atoms with Crippen LogP contribution in [0, 0.1) is 0 Å². The van der Waals surface area contributed by atoms with Crippen LogP contribution >= 0.6 is 11.8 Å². The third-order valence-corrected chi connectivity index (χ3v) is 6.76. The molecule has 0 aliphatic carbocycles. The van der Waals surface area contributed by atoms with Crippen LogP contribution in [0.15, 0.2) is 53.7 Å². The molecule has 3 heterocycles. The fourth-order valence-corrected chi connectivity index (χ4v) is 5.11. The molecule has 0 radical (unpaired) electrons. The molecule has 0 atom stereocenters. The Morgan fingerprint density at radius 3 is 2.91 bits per heavy atom. The highest BCUT2D eigenvalue weighted by Gasteiger charge is 2.17. The second-order valence-corrected chi connectivity index (χ2v) is 8.89. The predicted octanol–water partition coefficient (Wildman–Crippen LogP) is 4.77. The van der Waals surface area contributed by atoms with Crippen molar-refractivity contribution < 1.29 is 4.79 Å². The van der Waals surface area contributed by atoms with Gasteiger partial charge in [-0.3, -0.25) is 4.79 Å². The van der Waals surface area contributed by atoms with Gasteiger partial charge in [-0.2, -0.15) is 0 Å². The number of rotatable bonds is 6. The van der Waals surface area contributed by atoms with Crippen LogP contribution in [0.1, 0.15) is 32.0 Å². The van der Waals surface area contributed by atoms with Crippen molar-refractivity contribution in [2.24, 2.45) is 0 Å². The van der Waals surface area contributed by atoms with E-state index in [0.717, 1.165) is 71.4 Å². The van der Waals surface area contributed by atoms with Gasteiger partial charge in [-0.15, -0.1) is 10.2 Å². The number of amides is 1. The first-order chi connectivity index (χ1) is 15.7. The molecule has 164 valence electrons. The maximum absolute atomic E-state index is 12.7. The van der Waals surface area contributed by atoms with Gasteiger partial charge in [-0.25, -0.2) is 4.98 Å². The van der Waals surface area contributed by atoms with Crippen LogP contribution in [0.2, 0.25) is 0 Å². The number of hydrogen-bond acceptors (Lipinski definition) is 5. The molecule has 1 N–H and O–H groups in total. The minimum atomic E-state index is -0.0538. The third kappa shape index (κ3) is 4.14. The van der Waals surface area contributed by atoms with Crippen molar-refractivity contribution in [2.75, 3.05) is 11.1 Å². The number of para-hydroxylation sites is 2. The normalized spacial score (nSPS) is 13.7. The molecular formula is C24H26N6OS. The van der Waals surface area contributed by atoms with Gasteiger partial charge in [0.05, 0.1) is 16.8 Å². The van der Waals surface area contributed by atoms with Crippen LogP contribution in [0.4, 0.5) is 5.69 Å². The molecule has 5 rings (SSSR count). The minimum Gasteiger partial charge on any atom is -0.325 e. The lowest BCUT2D eigenvalue weighted by molar-refractivity contribution is -0.113. The molecule has 4 aromatic rings. The van der Waals surface area contributed by atoms with E-state index in [1.54, 1.807) is 0 Å². The van der Waals surface area contributed by atoms with Gasteiger partial charge in [0.1, 0.15) is 5.82 Å². The smallest absolute Gasteiger partial charge is 0.234 e. The number of carbonyl (C=O) groups is 1. The molecule has 1 amide bonds. The van der Waals surface area contributed by atoms with Gasteiger partial charge in [0.15, 0.2) is 11.0 Å². The molecule has 0 saturated carbocycles. The summed E-state index contributed by atoms with van der Waals surface area (Å²) >= 11 is 1.46.